The summed E-state index contributed by atoms with van der Waals surface area (Å²) in [5, 5.41) is 0. The van der Waals surface area contributed by atoms with E-state index in [0.29, 0.717) is 16.7 Å². The number of esters is 2. The Morgan fingerprint density at radius 3 is 1.02 bits per heavy atom. The summed E-state index contributed by atoms with van der Waals surface area (Å²) in [6.07, 6.45) is 0. The zero-order valence-electron chi connectivity index (χ0n) is 24.2. The molecule has 6 rings (SSSR count). The molecule has 0 fully saturated rings. The van der Waals surface area contributed by atoms with Gasteiger partial charge in [0.1, 0.15) is 16.4 Å². The molecular formula is C38H26O7S. The zero-order chi connectivity index (χ0) is 32.1. The lowest BCUT2D eigenvalue weighted by Crippen LogP contribution is -2.21. The molecule has 0 spiro atoms. The topological polar surface area (TPSA) is 107 Å². The van der Waals surface area contributed by atoms with Gasteiger partial charge < -0.3 is 9.47 Å². The Morgan fingerprint density at radius 2 is 0.717 bits per heavy atom. The van der Waals surface area contributed by atoms with Gasteiger partial charge >= 0.3 is 11.9 Å². The lowest BCUT2D eigenvalue weighted by molar-refractivity contribution is 0.0735. The highest BCUT2D eigenvalue weighted by Gasteiger charge is 2.38. The van der Waals surface area contributed by atoms with Crippen LogP contribution in [0.15, 0.2) is 157 Å². The van der Waals surface area contributed by atoms with Crippen molar-refractivity contribution in [2.45, 2.75) is 4.90 Å². The van der Waals surface area contributed by atoms with Crippen molar-refractivity contribution in [3.8, 4) is 44.9 Å². The number of ether oxygens (including phenoxy) is 2. The Kier molecular flexibility index (Phi) is 8.56. The maximum Gasteiger partial charge on any atom is 0.344 e. The van der Waals surface area contributed by atoms with Crippen molar-refractivity contribution in [1.82, 2.24) is 0 Å². The molecule has 7 nitrogen and oxygen atoms in total. The van der Waals surface area contributed by atoms with Crippen LogP contribution in [0.4, 0.5) is 0 Å². The Hall–Kier alpha value is -5.83. The van der Waals surface area contributed by atoms with E-state index in [2.05, 4.69) is 0 Å². The van der Waals surface area contributed by atoms with Gasteiger partial charge in [0.2, 0.25) is 0 Å². The van der Waals surface area contributed by atoms with Gasteiger partial charge in [0, 0.05) is 16.7 Å². The van der Waals surface area contributed by atoms with Crippen molar-refractivity contribution in [1.29, 1.82) is 0 Å². The molecule has 0 bridgehead atoms. The minimum atomic E-state index is -5.13. The third-order valence-corrected chi connectivity index (χ3v) is 8.14. The van der Waals surface area contributed by atoms with Crippen molar-refractivity contribution in [2.24, 2.45) is 0 Å². The molecule has 0 radical (unpaired) electrons. The van der Waals surface area contributed by atoms with Gasteiger partial charge in [-0.15, -0.1) is 0 Å². The highest BCUT2D eigenvalue weighted by molar-refractivity contribution is 7.86. The van der Waals surface area contributed by atoms with E-state index in [9.17, 15) is 22.6 Å². The van der Waals surface area contributed by atoms with Crippen LogP contribution in [0.2, 0.25) is 0 Å². The van der Waals surface area contributed by atoms with E-state index < -0.39 is 27.0 Å². The highest BCUT2D eigenvalue weighted by atomic mass is 32.2. The van der Waals surface area contributed by atoms with Gasteiger partial charge in [0.15, 0.2) is 0 Å². The molecule has 0 aliphatic heterocycles. The van der Waals surface area contributed by atoms with Gasteiger partial charge in [-0.2, -0.15) is 8.42 Å². The van der Waals surface area contributed by atoms with Gasteiger partial charge in [-0.25, -0.2) is 9.59 Å². The predicted molar refractivity (Wildman–Crippen MR) is 175 cm³/mol. The molecule has 0 heterocycles. The normalized spacial score (nSPS) is 11.1. The van der Waals surface area contributed by atoms with E-state index in [4.69, 9.17) is 9.47 Å². The van der Waals surface area contributed by atoms with Crippen LogP contribution in [0.25, 0.3) is 33.4 Å². The molecule has 0 amide bonds. The average molecular weight is 627 g/mol. The third kappa shape index (κ3) is 6.21. The van der Waals surface area contributed by atoms with Crippen molar-refractivity contribution in [2.75, 3.05) is 0 Å². The van der Waals surface area contributed by atoms with E-state index in [0.717, 1.165) is 0 Å². The van der Waals surface area contributed by atoms with Crippen molar-refractivity contribution in [3.63, 3.8) is 0 Å². The molecule has 0 aliphatic rings. The van der Waals surface area contributed by atoms with Crippen LogP contribution < -0.4 is 9.47 Å². The monoisotopic (exact) mass is 626 g/mol. The molecule has 226 valence electrons. The summed E-state index contributed by atoms with van der Waals surface area (Å²) in [6.45, 7) is 0. The van der Waals surface area contributed by atoms with Crippen molar-refractivity contribution >= 4 is 22.1 Å². The maximum absolute atomic E-state index is 14.4. The first kappa shape index (κ1) is 30.2. The second kappa shape index (κ2) is 13.0. The van der Waals surface area contributed by atoms with Crippen LogP contribution in [-0.2, 0) is 10.1 Å². The van der Waals surface area contributed by atoms with Crippen LogP contribution in [-0.4, -0.2) is 24.9 Å². The molecule has 0 aliphatic carbocycles. The molecule has 6 aromatic carbocycles. The lowest BCUT2D eigenvalue weighted by Gasteiger charge is -2.25. The van der Waals surface area contributed by atoms with Crippen LogP contribution in [0.1, 0.15) is 20.7 Å². The molecular weight excluding hydrogens is 600 g/mol. The molecule has 0 aromatic heterocycles. The van der Waals surface area contributed by atoms with Gasteiger partial charge in [-0.05, 0) is 41.0 Å². The number of benzene rings is 6. The molecule has 6 aromatic rings. The highest BCUT2D eigenvalue weighted by Crippen LogP contribution is 2.47. The van der Waals surface area contributed by atoms with E-state index in [-0.39, 0.29) is 39.3 Å². The first-order valence-electron chi connectivity index (χ1n) is 14.2. The predicted octanol–water partition coefficient (Wildman–Crippen LogP) is 8.37. The molecule has 0 saturated heterocycles. The summed E-state index contributed by atoms with van der Waals surface area (Å²) in [4.78, 5) is 28.2. The smallest absolute Gasteiger partial charge is 0.344 e. The van der Waals surface area contributed by atoms with Gasteiger partial charge in [0.05, 0.1) is 11.1 Å². The summed E-state index contributed by atoms with van der Waals surface area (Å²) in [7, 11) is -5.13. The second-order valence-corrected chi connectivity index (χ2v) is 11.5. The fourth-order valence-corrected chi connectivity index (χ4v) is 6.30. The number of para-hydroxylation sites is 2. The van der Waals surface area contributed by atoms with Gasteiger partial charge in [-0.3, -0.25) is 4.55 Å². The molecule has 8 heteroatoms. The SMILES string of the molecule is O=C(Oc1ccccc1)c1c(-c2ccccc2)c(C(=O)Oc2ccccc2)c(-c2ccccc2)c(S(=O)(=O)O)c1-c1ccccc1. The maximum atomic E-state index is 14.4. The Bertz CT molecular complexity index is 2000. The number of rotatable bonds is 8. The average Bonchev–Trinajstić information content (AvgIpc) is 3.08. The van der Waals surface area contributed by atoms with E-state index in [1.54, 1.807) is 152 Å². The number of hydrogen-bond donors (Lipinski definition) is 1. The first-order chi connectivity index (χ1) is 22.3. The zero-order valence-corrected chi connectivity index (χ0v) is 25.1. The summed E-state index contributed by atoms with van der Waals surface area (Å²) in [5.41, 5.74) is 0.351. The summed E-state index contributed by atoms with van der Waals surface area (Å²) in [6, 6.07) is 41.9. The Balaban J connectivity index is 1.83. The molecule has 0 atom stereocenters. The summed E-state index contributed by atoms with van der Waals surface area (Å²) < 4.78 is 49.8. The standard InChI is InChI=1S/C38H26O7S/c39-37(44-29-22-12-4-13-23-29)34-31(26-16-6-1-7-17-26)35(38(40)45-30-24-14-5-15-25-30)33(28-20-10-3-11-21-28)36(46(41,42)43)32(34)27-18-8-2-9-19-27/h1-25H,(H,41,42,43). The van der Waals surface area contributed by atoms with Gasteiger partial charge in [-0.1, -0.05) is 127 Å². The minimum Gasteiger partial charge on any atom is -0.423 e. The fourth-order valence-electron chi connectivity index (χ4n) is 5.34. The van der Waals surface area contributed by atoms with Crippen molar-refractivity contribution < 1.29 is 32.0 Å². The number of carbonyl (C=O) groups excluding carboxylic acids is 2. The van der Waals surface area contributed by atoms with Gasteiger partial charge in [0.25, 0.3) is 10.1 Å². The van der Waals surface area contributed by atoms with E-state index >= 15 is 0 Å². The first-order valence-corrected chi connectivity index (χ1v) is 15.7. The van der Waals surface area contributed by atoms with Crippen LogP contribution in [0.3, 0.4) is 0 Å². The molecule has 0 saturated carbocycles. The summed E-state index contributed by atoms with van der Waals surface area (Å²) in [5.74, 6) is -1.50. The van der Waals surface area contributed by atoms with Crippen molar-refractivity contribution in [3.05, 3.63) is 163 Å². The van der Waals surface area contributed by atoms with E-state index in [1.165, 1.54) is 0 Å². The lowest BCUT2D eigenvalue weighted by atomic mass is 9.83. The molecule has 0 unspecified atom stereocenters. The van der Waals surface area contributed by atoms with E-state index in [1.807, 2.05) is 0 Å². The Morgan fingerprint density at radius 1 is 0.435 bits per heavy atom. The number of hydrogen-bond acceptors (Lipinski definition) is 6. The quantitative estimate of drug-likeness (QED) is 0.103. The van der Waals surface area contributed by atoms with Crippen LogP contribution in [0.5, 0.6) is 11.5 Å². The van der Waals surface area contributed by atoms with Crippen LogP contribution >= 0.6 is 0 Å². The fraction of sp³-hybridized carbons (Fsp3) is 0. The summed E-state index contributed by atoms with van der Waals surface area (Å²) >= 11 is 0. The Labute approximate surface area is 266 Å². The second-order valence-electron chi connectivity index (χ2n) is 10.2. The molecule has 1 N–H and O–H groups in total. The third-order valence-electron chi connectivity index (χ3n) is 7.22. The minimum absolute atomic E-state index is 0.0765. The number of carbonyl (C=O) groups is 2. The van der Waals surface area contributed by atoms with Crippen LogP contribution in [0, 0.1) is 0 Å². The largest absolute Gasteiger partial charge is 0.423 e. The molecule has 46 heavy (non-hydrogen) atoms.